The van der Waals surface area contributed by atoms with Crippen LogP contribution in [0.4, 0.5) is 5.69 Å². The predicted molar refractivity (Wildman–Crippen MR) is 73.7 cm³/mol. The van der Waals surface area contributed by atoms with Crippen LogP contribution in [0.15, 0.2) is 22.7 Å². The Bertz CT molecular complexity index is 507. The van der Waals surface area contributed by atoms with Crippen LogP contribution in [0, 0.1) is 6.92 Å². The molecule has 0 bridgehead atoms. The van der Waals surface area contributed by atoms with E-state index in [0.29, 0.717) is 5.69 Å². The van der Waals surface area contributed by atoms with Gasteiger partial charge in [-0.15, -0.1) is 0 Å². The molecule has 0 radical (unpaired) electrons. The summed E-state index contributed by atoms with van der Waals surface area (Å²) in [6, 6.07) is 5.65. The van der Waals surface area contributed by atoms with Crippen LogP contribution in [0.25, 0.3) is 0 Å². The molecule has 1 aliphatic rings. The summed E-state index contributed by atoms with van der Waals surface area (Å²) < 4.78 is 27.7. The third-order valence-electron chi connectivity index (χ3n) is 3.12. The summed E-state index contributed by atoms with van der Waals surface area (Å²) in [6.45, 7) is 1.94. The Labute approximate surface area is 111 Å². The first kappa shape index (κ1) is 12.9. The fourth-order valence-corrected chi connectivity index (χ4v) is 4.23. The number of benzene rings is 1. The highest BCUT2D eigenvalue weighted by Gasteiger charge is 2.28. The van der Waals surface area contributed by atoms with Gasteiger partial charge in [-0.05, 0) is 53.4 Å². The zero-order valence-electron chi connectivity index (χ0n) is 9.74. The van der Waals surface area contributed by atoms with Gasteiger partial charge < -0.3 is 0 Å². The predicted octanol–water partition coefficient (Wildman–Crippen LogP) is 3.44. The van der Waals surface area contributed by atoms with Crippen molar-refractivity contribution >= 4 is 31.6 Å². The highest BCUT2D eigenvalue weighted by molar-refractivity contribution is 9.10. The molecule has 0 aromatic heterocycles. The maximum atomic E-state index is 12.1. The van der Waals surface area contributed by atoms with Crippen molar-refractivity contribution in [3.63, 3.8) is 0 Å². The first-order chi connectivity index (χ1) is 7.99. The van der Waals surface area contributed by atoms with E-state index in [9.17, 15) is 8.42 Å². The molecule has 1 N–H and O–H groups in total. The number of aryl methyl sites for hydroxylation is 1. The maximum Gasteiger partial charge on any atom is 0.235 e. The number of rotatable bonds is 3. The van der Waals surface area contributed by atoms with Crippen LogP contribution in [0.5, 0.6) is 0 Å². The van der Waals surface area contributed by atoms with Gasteiger partial charge in [-0.2, -0.15) is 0 Å². The summed E-state index contributed by atoms with van der Waals surface area (Å²) >= 11 is 3.36. The number of hydrogen-bond donors (Lipinski definition) is 1. The van der Waals surface area contributed by atoms with Gasteiger partial charge in [0.25, 0.3) is 0 Å². The molecule has 94 valence electrons. The lowest BCUT2D eigenvalue weighted by molar-refractivity contribution is 0.585. The molecular formula is C12H16BrNO2S. The van der Waals surface area contributed by atoms with Crippen molar-refractivity contribution in [2.75, 3.05) is 4.72 Å². The molecule has 0 aliphatic heterocycles. The van der Waals surface area contributed by atoms with Crippen LogP contribution in [-0.4, -0.2) is 13.7 Å². The molecule has 0 amide bonds. The molecule has 0 heterocycles. The van der Waals surface area contributed by atoms with E-state index in [-0.39, 0.29) is 5.25 Å². The second-order valence-corrected chi connectivity index (χ2v) is 7.35. The fourth-order valence-electron chi connectivity index (χ4n) is 2.15. The number of nitrogens with one attached hydrogen (secondary N) is 1. The lowest BCUT2D eigenvalue weighted by atomic mass is 10.2. The van der Waals surface area contributed by atoms with Gasteiger partial charge >= 0.3 is 0 Å². The quantitative estimate of drug-likeness (QED) is 0.928. The van der Waals surface area contributed by atoms with Crippen LogP contribution >= 0.6 is 15.9 Å². The zero-order valence-corrected chi connectivity index (χ0v) is 12.1. The second kappa shape index (κ2) is 4.98. The van der Waals surface area contributed by atoms with Gasteiger partial charge in [-0.1, -0.05) is 18.9 Å². The van der Waals surface area contributed by atoms with Crippen molar-refractivity contribution in [1.82, 2.24) is 0 Å². The van der Waals surface area contributed by atoms with Crippen molar-refractivity contribution in [3.05, 3.63) is 28.2 Å². The van der Waals surface area contributed by atoms with E-state index in [0.717, 1.165) is 35.7 Å². The second-order valence-electron chi connectivity index (χ2n) is 4.54. The van der Waals surface area contributed by atoms with Crippen molar-refractivity contribution in [2.45, 2.75) is 37.9 Å². The van der Waals surface area contributed by atoms with E-state index in [1.165, 1.54) is 0 Å². The average Bonchev–Trinajstić information content (AvgIpc) is 2.77. The van der Waals surface area contributed by atoms with Crippen LogP contribution in [-0.2, 0) is 10.0 Å². The molecule has 0 saturated heterocycles. The molecular weight excluding hydrogens is 302 g/mol. The fraction of sp³-hybridized carbons (Fsp3) is 0.500. The Kier molecular flexibility index (Phi) is 3.78. The summed E-state index contributed by atoms with van der Waals surface area (Å²) in [5.41, 5.74) is 1.68. The molecule has 3 nitrogen and oxygen atoms in total. The number of halogens is 1. The minimum Gasteiger partial charge on any atom is -0.282 e. The Hall–Kier alpha value is -0.550. The van der Waals surface area contributed by atoms with Crippen molar-refractivity contribution < 1.29 is 8.42 Å². The SMILES string of the molecule is Cc1ccc(Br)c(NS(=O)(=O)C2CCCC2)c1. The average molecular weight is 318 g/mol. The molecule has 1 saturated carbocycles. The third-order valence-corrected chi connectivity index (χ3v) is 5.66. The van der Waals surface area contributed by atoms with Crippen molar-refractivity contribution in [3.8, 4) is 0 Å². The molecule has 2 rings (SSSR count). The first-order valence-corrected chi connectivity index (χ1v) is 8.11. The molecule has 0 spiro atoms. The number of hydrogen-bond acceptors (Lipinski definition) is 2. The molecule has 1 aliphatic carbocycles. The normalized spacial score (nSPS) is 17.3. The van der Waals surface area contributed by atoms with Crippen LogP contribution in [0.1, 0.15) is 31.2 Å². The molecule has 1 aromatic rings. The van der Waals surface area contributed by atoms with E-state index < -0.39 is 10.0 Å². The van der Waals surface area contributed by atoms with Crippen molar-refractivity contribution in [1.29, 1.82) is 0 Å². The monoisotopic (exact) mass is 317 g/mol. The highest BCUT2D eigenvalue weighted by Crippen LogP contribution is 2.29. The van der Waals surface area contributed by atoms with E-state index in [1.807, 2.05) is 25.1 Å². The minimum atomic E-state index is -3.23. The Morgan fingerprint density at radius 1 is 1.29 bits per heavy atom. The number of sulfonamides is 1. The minimum absolute atomic E-state index is 0.227. The van der Waals surface area contributed by atoms with E-state index >= 15 is 0 Å². The Morgan fingerprint density at radius 2 is 1.94 bits per heavy atom. The van der Waals surface area contributed by atoms with E-state index in [4.69, 9.17) is 0 Å². The van der Waals surface area contributed by atoms with Crippen LogP contribution in [0.2, 0.25) is 0 Å². The van der Waals surface area contributed by atoms with Gasteiger partial charge in [0.15, 0.2) is 0 Å². The molecule has 0 atom stereocenters. The van der Waals surface area contributed by atoms with Gasteiger partial charge in [0.2, 0.25) is 10.0 Å². The van der Waals surface area contributed by atoms with Crippen LogP contribution in [0.3, 0.4) is 0 Å². The summed E-state index contributed by atoms with van der Waals surface area (Å²) in [7, 11) is -3.23. The summed E-state index contributed by atoms with van der Waals surface area (Å²) in [5, 5.41) is -0.227. The van der Waals surface area contributed by atoms with Gasteiger partial charge in [-0.3, -0.25) is 4.72 Å². The van der Waals surface area contributed by atoms with E-state index in [1.54, 1.807) is 0 Å². The van der Waals surface area contributed by atoms with E-state index in [2.05, 4.69) is 20.7 Å². The Balaban J connectivity index is 2.22. The molecule has 1 aromatic carbocycles. The molecule has 17 heavy (non-hydrogen) atoms. The lowest BCUT2D eigenvalue weighted by Gasteiger charge is -2.14. The standard InChI is InChI=1S/C12H16BrNO2S/c1-9-6-7-11(13)12(8-9)14-17(15,16)10-4-2-3-5-10/h6-8,10,14H,2-5H2,1H3. The van der Waals surface area contributed by atoms with Gasteiger partial charge in [0.05, 0.1) is 10.9 Å². The molecule has 5 heteroatoms. The maximum absolute atomic E-state index is 12.1. The van der Waals surface area contributed by atoms with Gasteiger partial charge in [-0.25, -0.2) is 8.42 Å². The summed E-state index contributed by atoms with van der Waals surface area (Å²) in [4.78, 5) is 0. The molecule has 0 unspecified atom stereocenters. The summed E-state index contributed by atoms with van der Waals surface area (Å²) in [5.74, 6) is 0. The molecule has 1 fully saturated rings. The zero-order chi connectivity index (χ0) is 12.5. The van der Waals surface area contributed by atoms with Gasteiger partial charge in [0.1, 0.15) is 0 Å². The largest absolute Gasteiger partial charge is 0.282 e. The topological polar surface area (TPSA) is 46.2 Å². The number of anilines is 1. The van der Waals surface area contributed by atoms with Gasteiger partial charge in [0, 0.05) is 4.47 Å². The van der Waals surface area contributed by atoms with Crippen LogP contribution < -0.4 is 4.72 Å². The Morgan fingerprint density at radius 3 is 2.59 bits per heavy atom. The van der Waals surface area contributed by atoms with Crippen molar-refractivity contribution in [2.24, 2.45) is 0 Å². The lowest BCUT2D eigenvalue weighted by Crippen LogP contribution is -2.25. The smallest absolute Gasteiger partial charge is 0.235 e. The first-order valence-electron chi connectivity index (χ1n) is 5.77. The third kappa shape index (κ3) is 3.01. The summed E-state index contributed by atoms with van der Waals surface area (Å²) in [6.07, 6.45) is 3.58. The highest BCUT2D eigenvalue weighted by atomic mass is 79.9.